The van der Waals surface area contributed by atoms with Crippen LogP contribution in [-0.4, -0.2) is 0 Å². The van der Waals surface area contributed by atoms with Crippen molar-refractivity contribution < 1.29 is 0 Å². The van der Waals surface area contributed by atoms with E-state index in [-0.39, 0.29) is 0 Å². The maximum absolute atomic E-state index is 2.48. The molecule has 0 unspecified atom stereocenters. The topological polar surface area (TPSA) is 0 Å². The Morgan fingerprint density at radius 2 is 2.00 bits per heavy atom. The van der Waals surface area contributed by atoms with E-state index in [2.05, 4.69) is 26.0 Å². The molecule has 0 aromatic rings. The number of hydrogen-bond donors (Lipinski definition) is 0. The Balaban J connectivity index is 2.32. The Morgan fingerprint density at radius 3 is 2.82 bits per heavy atom. The van der Waals surface area contributed by atoms with E-state index in [0.717, 1.165) is 0 Å². The molecule has 0 radical (unpaired) electrons. The fourth-order valence-electron chi connectivity index (χ4n) is 2.12. The lowest BCUT2D eigenvalue weighted by atomic mass is 9.78. The summed E-state index contributed by atoms with van der Waals surface area (Å²) in [6, 6.07) is 0. The molecule has 60 valence electrons. The molecule has 2 aliphatic rings. The molecule has 0 saturated heterocycles. The molecule has 2 aliphatic carbocycles. The second kappa shape index (κ2) is 2.23. The van der Waals surface area contributed by atoms with Crippen LogP contribution in [0.2, 0.25) is 0 Å². The van der Waals surface area contributed by atoms with Gasteiger partial charge < -0.3 is 0 Å². The van der Waals surface area contributed by atoms with E-state index in [1.807, 2.05) is 0 Å². The first-order valence-electron chi connectivity index (χ1n) is 4.58. The van der Waals surface area contributed by atoms with E-state index in [0.29, 0.717) is 5.41 Å². The van der Waals surface area contributed by atoms with E-state index in [9.17, 15) is 0 Å². The standard InChI is InChI=1S/C11H16/c1-11(2)7-6-9-4-3-5-10(9)8-11/h4,8H,3,5-7H2,1-2H3. The molecule has 0 bridgehead atoms. The summed E-state index contributed by atoms with van der Waals surface area (Å²) >= 11 is 0. The largest absolute Gasteiger partial charge is 0.0807 e. The van der Waals surface area contributed by atoms with Crippen LogP contribution in [0.4, 0.5) is 0 Å². The quantitative estimate of drug-likeness (QED) is 0.493. The summed E-state index contributed by atoms with van der Waals surface area (Å²) in [4.78, 5) is 0. The summed E-state index contributed by atoms with van der Waals surface area (Å²) in [5.74, 6) is 0. The summed E-state index contributed by atoms with van der Waals surface area (Å²) in [5.41, 5.74) is 3.75. The van der Waals surface area contributed by atoms with Crippen molar-refractivity contribution in [2.45, 2.75) is 39.5 Å². The molecule has 2 rings (SSSR count). The minimum absolute atomic E-state index is 0.469. The second-order valence-electron chi connectivity index (χ2n) is 4.43. The summed E-state index contributed by atoms with van der Waals surface area (Å²) in [5, 5.41) is 0. The Labute approximate surface area is 69.0 Å². The maximum Gasteiger partial charge on any atom is -0.0166 e. The van der Waals surface area contributed by atoms with E-state index in [1.165, 1.54) is 25.7 Å². The van der Waals surface area contributed by atoms with Gasteiger partial charge in [-0.15, -0.1) is 0 Å². The minimum atomic E-state index is 0.469. The van der Waals surface area contributed by atoms with Gasteiger partial charge in [0.15, 0.2) is 0 Å². The zero-order chi connectivity index (χ0) is 7.90. The molecule has 0 fully saturated rings. The van der Waals surface area contributed by atoms with Gasteiger partial charge in [0, 0.05) is 0 Å². The first-order valence-corrected chi connectivity index (χ1v) is 4.58. The van der Waals surface area contributed by atoms with Crippen LogP contribution in [0.5, 0.6) is 0 Å². The van der Waals surface area contributed by atoms with Crippen LogP contribution in [0.15, 0.2) is 23.3 Å². The highest BCUT2D eigenvalue weighted by Crippen LogP contribution is 2.40. The molecule has 0 aromatic heterocycles. The van der Waals surface area contributed by atoms with Crippen LogP contribution < -0.4 is 0 Å². The van der Waals surface area contributed by atoms with Gasteiger partial charge in [0.2, 0.25) is 0 Å². The lowest BCUT2D eigenvalue weighted by molar-refractivity contribution is 0.422. The highest BCUT2D eigenvalue weighted by molar-refractivity contribution is 5.39. The lowest BCUT2D eigenvalue weighted by Gasteiger charge is -2.27. The predicted octanol–water partition coefficient (Wildman–Crippen LogP) is 3.45. The minimum Gasteiger partial charge on any atom is -0.0807 e. The van der Waals surface area contributed by atoms with Crippen LogP contribution in [0.1, 0.15) is 39.5 Å². The van der Waals surface area contributed by atoms with Gasteiger partial charge >= 0.3 is 0 Å². The highest BCUT2D eigenvalue weighted by Gasteiger charge is 2.24. The van der Waals surface area contributed by atoms with Crippen LogP contribution in [0.3, 0.4) is 0 Å². The van der Waals surface area contributed by atoms with E-state index < -0.39 is 0 Å². The molecule has 0 aliphatic heterocycles. The van der Waals surface area contributed by atoms with E-state index >= 15 is 0 Å². The van der Waals surface area contributed by atoms with Crippen molar-refractivity contribution in [2.24, 2.45) is 5.41 Å². The summed E-state index contributed by atoms with van der Waals surface area (Å²) < 4.78 is 0. The van der Waals surface area contributed by atoms with Crippen LogP contribution >= 0.6 is 0 Å². The van der Waals surface area contributed by atoms with Crippen molar-refractivity contribution in [2.75, 3.05) is 0 Å². The third-order valence-electron chi connectivity index (χ3n) is 2.82. The Morgan fingerprint density at radius 1 is 1.18 bits per heavy atom. The molecule has 0 heterocycles. The van der Waals surface area contributed by atoms with Crippen molar-refractivity contribution >= 4 is 0 Å². The molecule has 0 spiro atoms. The highest BCUT2D eigenvalue weighted by atomic mass is 14.3. The number of allylic oxidation sites excluding steroid dienone is 4. The monoisotopic (exact) mass is 148 g/mol. The zero-order valence-corrected chi connectivity index (χ0v) is 7.48. The lowest BCUT2D eigenvalue weighted by Crippen LogP contribution is -2.13. The van der Waals surface area contributed by atoms with Crippen molar-refractivity contribution in [3.05, 3.63) is 23.3 Å². The normalized spacial score (nSPS) is 27.5. The van der Waals surface area contributed by atoms with Gasteiger partial charge in [0.05, 0.1) is 0 Å². The van der Waals surface area contributed by atoms with Crippen LogP contribution in [-0.2, 0) is 0 Å². The molecular formula is C11H16. The van der Waals surface area contributed by atoms with Crippen molar-refractivity contribution in [1.82, 2.24) is 0 Å². The fraction of sp³-hybridized carbons (Fsp3) is 0.636. The molecule has 11 heavy (non-hydrogen) atoms. The molecule has 0 N–H and O–H groups in total. The van der Waals surface area contributed by atoms with Gasteiger partial charge in [-0.1, -0.05) is 26.0 Å². The van der Waals surface area contributed by atoms with Crippen molar-refractivity contribution in [3.63, 3.8) is 0 Å². The first kappa shape index (κ1) is 7.15. The summed E-state index contributed by atoms with van der Waals surface area (Å²) in [6.45, 7) is 4.68. The van der Waals surface area contributed by atoms with Gasteiger partial charge in [-0.05, 0) is 42.2 Å². The average molecular weight is 148 g/mol. The van der Waals surface area contributed by atoms with Crippen molar-refractivity contribution in [1.29, 1.82) is 0 Å². The predicted molar refractivity (Wildman–Crippen MR) is 48.4 cm³/mol. The van der Waals surface area contributed by atoms with Gasteiger partial charge in [-0.2, -0.15) is 0 Å². The Bertz CT molecular complexity index is 228. The number of rotatable bonds is 0. The summed E-state index contributed by atoms with van der Waals surface area (Å²) in [7, 11) is 0. The Kier molecular flexibility index (Phi) is 1.45. The van der Waals surface area contributed by atoms with Gasteiger partial charge in [0.25, 0.3) is 0 Å². The number of hydrogen-bond acceptors (Lipinski definition) is 0. The molecule has 0 atom stereocenters. The zero-order valence-electron chi connectivity index (χ0n) is 7.48. The Hall–Kier alpha value is -0.520. The third kappa shape index (κ3) is 1.26. The van der Waals surface area contributed by atoms with Crippen LogP contribution in [0, 0.1) is 5.41 Å². The SMILES string of the molecule is CC1(C)C=C2CCC=C2CC1. The molecule has 0 saturated carbocycles. The van der Waals surface area contributed by atoms with Gasteiger partial charge in [0.1, 0.15) is 0 Å². The van der Waals surface area contributed by atoms with Gasteiger partial charge in [-0.25, -0.2) is 0 Å². The van der Waals surface area contributed by atoms with Crippen LogP contribution in [0.25, 0.3) is 0 Å². The van der Waals surface area contributed by atoms with E-state index in [4.69, 9.17) is 0 Å². The molecule has 0 aromatic carbocycles. The van der Waals surface area contributed by atoms with Gasteiger partial charge in [-0.3, -0.25) is 0 Å². The smallest absolute Gasteiger partial charge is 0.0166 e. The molecule has 0 nitrogen and oxygen atoms in total. The first-order chi connectivity index (χ1) is 5.17. The summed E-state index contributed by atoms with van der Waals surface area (Å²) in [6.07, 6.45) is 10.1. The molecule has 0 amide bonds. The van der Waals surface area contributed by atoms with E-state index in [1.54, 1.807) is 11.1 Å². The fourth-order valence-corrected chi connectivity index (χ4v) is 2.12. The molecule has 0 heteroatoms. The second-order valence-corrected chi connectivity index (χ2v) is 4.43. The molecular weight excluding hydrogens is 132 g/mol. The third-order valence-corrected chi connectivity index (χ3v) is 2.82. The average Bonchev–Trinajstić information content (AvgIpc) is 2.31. The number of fused-ring (bicyclic) bond motifs is 1. The maximum atomic E-state index is 2.48. The van der Waals surface area contributed by atoms with Crippen molar-refractivity contribution in [3.8, 4) is 0 Å².